The van der Waals surface area contributed by atoms with Gasteiger partial charge in [-0.3, -0.25) is 0 Å². The Morgan fingerprint density at radius 2 is 1.88 bits per heavy atom. The Morgan fingerprint density at radius 1 is 1.31 bits per heavy atom. The van der Waals surface area contributed by atoms with E-state index in [9.17, 15) is 8.42 Å². The molecule has 0 aromatic heterocycles. The standard InChI is InChI=1S/C11H23NO3S/c1-9(8-16(3,13)14)12-10-4-6-11(15-2)7-5-10/h9-12H,4-8H2,1-3H3. The fourth-order valence-electron chi connectivity index (χ4n) is 2.37. The smallest absolute Gasteiger partial charge is 0.148 e. The van der Waals surface area contributed by atoms with E-state index in [0.717, 1.165) is 25.7 Å². The zero-order valence-corrected chi connectivity index (χ0v) is 11.2. The van der Waals surface area contributed by atoms with Crippen LogP contribution in [0.5, 0.6) is 0 Å². The normalized spacial score (nSPS) is 28.9. The van der Waals surface area contributed by atoms with Crippen LogP contribution in [0.2, 0.25) is 0 Å². The monoisotopic (exact) mass is 249 g/mol. The SMILES string of the molecule is COC1CCC(NC(C)CS(C)(=O)=O)CC1. The van der Waals surface area contributed by atoms with Crippen LogP contribution in [0.4, 0.5) is 0 Å². The van der Waals surface area contributed by atoms with Crippen LogP contribution in [-0.4, -0.2) is 45.7 Å². The van der Waals surface area contributed by atoms with E-state index in [1.807, 2.05) is 6.92 Å². The van der Waals surface area contributed by atoms with Crippen molar-refractivity contribution in [2.24, 2.45) is 0 Å². The Bertz CT molecular complexity index is 294. The van der Waals surface area contributed by atoms with Gasteiger partial charge in [-0.2, -0.15) is 0 Å². The highest BCUT2D eigenvalue weighted by Crippen LogP contribution is 2.20. The topological polar surface area (TPSA) is 55.4 Å². The molecule has 1 N–H and O–H groups in total. The number of nitrogens with one attached hydrogen (secondary N) is 1. The Kier molecular flexibility index (Phi) is 5.21. The lowest BCUT2D eigenvalue weighted by molar-refractivity contribution is 0.0617. The molecular weight excluding hydrogens is 226 g/mol. The van der Waals surface area contributed by atoms with Crippen molar-refractivity contribution in [1.29, 1.82) is 0 Å². The number of sulfone groups is 1. The van der Waals surface area contributed by atoms with Crippen molar-refractivity contribution < 1.29 is 13.2 Å². The minimum atomic E-state index is -2.88. The maximum absolute atomic E-state index is 11.1. The van der Waals surface area contributed by atoms with Crippen molar-refractivity contribution in [3.05, 3.63) is 0 Å². The second-order valence-electron chi connectivity index (χ2n) is 4.87. The molecule has 0 aromatic rings. The van der Waals surface area contributed by atoms with E-state index >= 15 is 0 Å². The average Bonchev–Trinajstić information content (AvgIpc) is 2.16. The van der Waals surface area contributed by atoms with E-state index in [2.05, 4.69) is 5.32 Å². The van der Waals surface area contributed by atoms with E-state index in [0.29, 0.717) is 12.1 Å². The molecule has 1 aliphatic carbocycles. The minimum Gasteiger partial charge on any atom is -0.381 e. The summed E-state index contributed by atoms with van der Waals surface area (Å²) in [5.41, 5.74) is 0. The highest BCUT2D eigenvalue weighted by Gasteiger charge is 2.22. The fraction of sp³-hybridized carbons (Fsp3) is 1.00. The summed E-state index contributed by atoms with van der Waals surface area (Å²) in [4.78, 5) is 0. The number of methoxy groups -OCH3 is 1. The summed E-state index contributed by atoms with van der Waals surface area (Å²) >= 11 is 0. The number of ether oxygens (including phenoxy) is 1. The van der Waals surface area contributed by atoms with Gasteiger partial charge in [-0.15, -0.1) is 0 Å². The Hall–Kier alpha value is -0.130. The van der Waals surface area contributed by atoms with Gasteiger partial charge in [-0.25, -0.2) is 8.42 Å². The molecule has 0 spiro atoms. The molecule has 16 heavy (non-hydrogen) atoms. The molecule has 0 amide bonds. The van der Waals surface area contributed by atoms with Crippen LogP contribution < -0.4 is 5.32 Å². The van der Waals surface area contributed by atoms with Crippen LogP contribution in [0.25, 0.3) is 0 Å². The Morgan fingerprint density at radius 3 is 2.31 bits per heavy atom. The van der Waals surface area contributed by atoms with Crippen molar-refractivity contribution in [1.82, 2.24) is 5.32 Å². The van der Waals surface area contributed by atoms with Crippen LogP contribution in [0.3, 0.4) is 0 Å². The van der Waals surface area contributed by atoms with Crippen molar-refractivity contribution in [3.63, 3.8) is 0 Å². The van der Waals surface area contributed by atoms with Crippen molar-refractivity contribution in [3.8, 4) is 0 Å². The molecule has 1 saturated carbocycles. The molecule has 0 radical (unpaired) electrons. The van der Waals surface area contributed by atoms with Crippen molar-refractivity contribution >= 4 is 9.84 Å². The van der Waals surface area contributed by atoms with Gasteiger partial charge < -0.3 is 10.1 Å². The van der Waals surface area contributed by atoms with Gasteiger partial charge >= 0.3 is 0 Å². The Balaban J connectivity index is 2.28. The van der Waals surface area contributed by atoms with E-state index in [4.69, 9.17) is 4.74 Å². The molecule has 96 valence electrons. The summed E-state index contributed by atoms with van der Waals surface area (Å²) < 4.78 is 27.5. The van der Waals surface area contributed by atoms with Crippen molar-refractivity contribution in [2.75, 3.05) is 19.1 Å². The Labute approximate surface area is 98.7 Å². The summed E-state index contributed by atoms with van der Waals surface area (Å²) in [6.07, 6.45) is 5.97. The maximum atomic E-state index is 11.1. The summed E-state index contributed by atoms with van der Waals surface area (Å²) in [7, 11) is -1.12. The number of hydrogen-bond acceptors (Lipinski definition) is 4. The lowest BCUT2D eigenvalue weighted by Crippen LogP contribution is -2.43. The average molecular weight is 249 g/mol. The van der Waals surface area contributed by atoms with Gasteiger partial charge in [-0.05, 0) is 32.6 Å². The fourth-order valence-corrected chi connectivity index (χ4v) is 3.37. The summed E-state index contributed by atoms with van der Waals surface area (Å²) in [6, 6.07) is 0.488. The van der Waals surface area contributed by atoms with E-state index < -0.39 is 9.84 Å². The van der Waals surface area contributed by atoms with Crippen LogP contribution >= 0.6 is 0 Å². The van der Waals surface area contributed by atoms with Crippen LogP contribution in [0.1, 0.15) is 32.6 Å². The zero-order valence-electron chi connectivity index (χ0n) is 10.4. The van der Waals surface area contributed by atoms with Gasteiger partial charge in [0, 0.05) is 25.4 Å². The predicted molar refractivity (Wildman–Crippen MR) is 65.4 cm³/mol. The maximum Gasteiger partial charge on any atom is 0.148 e. The van der Waals surface area contributed by atoms with Gasteiger partial charge in [-0.1, -0.05) is 0 Å². The van der Waals surface area contributed by atoms with E-state index in [1.54, 1.807) is 7.11 Å². The number of hydrogen-bond donors (Lipinski definition) is 1. The second kappa shape index (κ2) is 5.98. The van der Waals surface area contributed by atoms with Crippen LogP contribution in [0.15, 0.2) is 0 Å². The van der Waals surface area contributed by atoms with Gasteiger partial charge in [0.15, 0.2) is 0 Å². The third kappa shape index (κ3) is 5.27. The highest BCUT2D eigenvalue weighted by atomic mass is 32.2. The molecule has 5 heteroatoms. The summed E-state index contributed by atoms with van der Waals surface area (Å²) in [5, 5.41) is 3.39. The number of rotatable bonds is 5. The van der Waals surface area contributed by atoms with E-state index in [-0.39, 0.29) is 11.8 Å². The third-order valence-corrected chi connectivity index (χ3v) is 4.19. The molecular formula is C11H23NO3S. The lowest BCUT2D eigenvalue weighted by Gasteiger charge is -2.30. The molecule has 0 heterocycles. The minimum absolute atomic E-state index is 0.0408. The molecule has 1 unspecified atom stereocenters. The van der Waals surface area contributed by atoms with Gasteiger partial charge in [0.1, 0.15) is 9.84 Å². The summed E-state index contributed by atoms with van der Waals surface area (Å²) in [5.74, 6) is 0.219. The summed E-state index contributed by atoms with van der Waals surface area (Å²) in [6.45, 7) is 1.93. The van der Waals surface area contributed by atoms with Crippen LogP contribution in [0, 0.1) is 0 Å². The molecule has 0 aromatic carbocycles. The first-order chi connectivity index (χ1) is 7.40. The first kappa shape index (κ1) is 13.9. The second-order valence-corrected chi connectivity index (χ2v) is 7.05. The first-order valence-electron chi connectivity index (χ1n) is 5.87. The molecule has 0 bridgehead atoms. The molecule has 1 rings (SSSR count). The quantitative estimate of drug-likeness (QED) is 0.789. The molecule has 0 saturated heterocycles. The van der Waals surface area contributed by atoms with Crippen LogP contribution in [-0.2, 0) is 14.6 Å². The molecule has 1 atom stereocenters. The largest absolute Gasteiger partial charge is 0.381 e. The van der Waals surface area contributed by atoms with E-state index in [1.165, 1.54) is 6.26 Å². The first-order valence-corrected chi connectivity index (χ1v) is 7.93. The van der Waals surface area contributed by atoms with Gasteiger partial charge in [0.2, 0.25) is 0 Å². The zero-order chi connectivity index (χ0) is 12.2. The molecule has 0 aliphatic heterocycles. The predicted octanol–water partition coefficient (Wildman–Crippen LogP) is 0.967. The molecule has 4 nitrogen and oxygen atoms in total. The highest BCUT2D eigenvalue weighted by molar-refractivity contribution is 7.90. The molecule has 1 aliphatic rings. The van der Waals surface area contributed by atoms with Crippen molar-refractivity contribution in [2.45, 2.75) is 50.8 Å². The third-order valence-electron chi connectivity index (χ3n) is 3.08. The van der Waals surface area contributed by atoms with Gasteiger partial charge in [0.25, 0.3) is 0 Å². The lowest BCUT2D eigenvalue weighted by atomic mass is 9.92. The van der Waals surface area contributed by atoms with Gasteiger partial charge in [0.05, 0.1) is 11.9 Å². The molecule has 1 fully saturated rings.